The van der Waals surface area contributed by atoms with Crippen molar-refractivity contribution in [2.24, 2.45) is 7.05 Å². The highest BCUT2D eigenvalue weighted by Crippen LogP contribution is 1.95. The molecular weight excluding hydrogens is 194 g/mol. The molecule has 0 amide bonds. The highest BCUT2D eigenvalue weighted by atomic mass is 16.5. The predicted octanol–water partition coefficient (Wildman–Crippen LogP) is 0.461. The number of aryl methyl sites for hydroxylation is 1. The van der Waals surface area contributed by atoms with Crippen LogP contribution in [-0.4, -0.2) is 28.4 Å². The second kappa shape index (κ2) is 5.50. The standard InChI is InChI=1S/C10H17N3O2/c1-4-15-10(14)8(2)11-7-9-5-6-13(3)12-9/h5-6,8,11H,4,7H2,1-3H3. The third kappa shape index (κ3) is 3.71. The molecule has 0 saturated heterocycles. The van der Waals surface area contributed by atoms with Crippen molar-refractivity contribution in [1.82, 2.24) is 15.1 Å². The fourth-order valence-electron chi connectivity index (χ4n) is 1.17. The topological polar surface area (TPSA) is 56.1 Å². The second-order valence-corrected chi connectivity index (χ2v) is 3.34. The Morgan fingerprint density at radius 2 is 2.47 bits per heavy atom. The smallest absolute Gasteiger partial charge is 0.322 e. The maximum atomic E-state index is 11.3. The van der Waals surface area contributed by atoms with E-state index < -0.39 is 0 Å². The van der Waals surface area contributed by atoms with Gasteiger partial charge in [-0.05, 0) is 19.9 Å². The number of nitrogens with zero attached hydrogens (tertiary/aromatic N) is 2. The molecule has 0 fully saturated rings. The lowest BCUT2D eigenvalue weighted by Crippen LogP contribution is -2.35. The van der Waals surface area contributed by atoms with Gasteiger partial charge < -0.3 is 4.74 Å². The van der Waals surface area contributed by atoms with Crippen molar-refractivity contribution in [2.75, 3.05) is 6.61 Å². The Hall–Kier alpha value is -1.36. The summed E-state index contributed by atoms with van der Waals surface area (Å²) >= 11 is 0. The minimum absolute atomic E-state index is 0.228. The van der Waals surface area contributed by atoms with Gasteiger partial charge in [-0.25, -0.2) is 0 Å². The molecule has 1 rings (SSSR count). The molecule has 0 aromatic carbocycles. The predicted molar refractivity (Wildman–Crippen MR) is 56.1 cm³/mol. The summed E-state index contributed by atoms with van der Waals surface area (Å²) in [5, 5.41) is 7.24. The molecule has 15 heavy (non-hydrogen) atoms. The Labute approximate surface area is 89.4 Å². The van der Waals surface area contributed by atoms with E-state index in [9.17, 15) is 4.79 Å². The Morgan fingerprint density at radius 1 is 1.73 bits per heavy atom. The molecule has 1 N–H and O–H groups in total. The van der Waals surface area contributed by atoms with E-state index in [1.807, 2.05) is 19.3 Å². The van der Waals surface area contributed by atoms with Crippen molar-refractivity contribution in [3.63, 3.8) is 0 Å². The number of hydrogen-bond donors (Lipinski definition) is 1. The van der Waals surface area contributed by atoms with Crippen LogP contribution in [0.5, 0.6) is 0 Å². The Balaban J connectivity index is 2.33. The summed E-state index contributed by atoms with van der Waals surface area (Å²) < 4.78 is 6.60. The van der Waals surface area contributed by atoms with Crippen molar-refractivity contribution >= 4 is 5.97 Å². The lowest BCUT2D eigenvalue weighted by molar-refractivity contribution is -0.145. The largest absolute Gasteiger partial charge is 0.465 e. The van der Waals surface area contributed by atoms with Crippen LogP contribution in [0.3, 0.4) is 0 Å². The van der Waals surface area contributed by atoms with E-state index >= 15 is 0 Å². The third-order valence-corrected chi connectivity index (χ3v) is 2.00. The number of esters is 1. The fraction of sp³-hybridized carbons (Fsp3) is 0.600. The molecule has 1 atom stereocenters. The van der Waals surface area contributed by atoms with Crippen molar-refractivity contribution in [1.29, 1.82) is 0 Å². The Morgan fingerprint density at radius 3 is 3.00 bits per heavy atom. The van der Waals surface area contributed by atoms with Crippen molar-refractivity contribution in [2.45, 2.75) is 26.4 Å². The van der Waals surface area contributed by atoms with Crippen LogP contribution in [0.25, 0.3) is 0 Å². The molecule has 1 aromatic rings. The average molecular weight is 211 g/mol. The summed E-state index contributed by atoms with van der Waals surface area (Å²) in [6.07, 6.45) is 1.87. The molecule has 0 radical (unpaired) electrons. The van der Waals surface area contributed by atoms with E-state index in [0.29, 0.717) is 13.2 Å². The van der Waals surface area contributed by atoms with Gasteiger partial charge in [-0.2, -0.15) is 5.10 Å². The summed E-state index contributed by atoms with van der Waals surface area (Å²) in [5.41, 5.74) is 0.911. The maximum absolute atomic E-state index is 11.3. The Kier molecular flexibility index (Phi) is 4.30. The van der Waals surface area contributed by atoms with E-state index in [0.717, 1.165) is 5.69 Å². The number of nitrogens with one attached hydrogen (secondary N) is 1. The van der Waals surface area contributed by atoms with E-state index in [2.05, 4.69) is 10.4 Å². The van der Waals surface area contributed by atoms with Gasteiger partial charge in [0.15, 0.2) is 0 Å². The van der Waals surface area contributed by atoms with Gasteiger partial charge in [0.2, 0.25) is 0 Å². The quantitative estimate of drug-likeness (QED) is 0.719. The highest BCUT2D eigenvalue weighted by Gasteiger charge is 2.12. The molecule has 5 heteroatoms. The number of rotatable bonds is 5. The van der Waals surface area contributed by atoms with Gasteiger partial charge in [-0.15, -0.1) is 0 Å². The number of carbonyl (C=O) groups excluding carboxylic acids is 1. The van der Waals surface area contributed by atoms with Crippen LogP contribution in [-0.2, 0) is 23.1 Å². The summed E-state index contributed by atoms with van der Waals surface area (Å²) in [5.74, 6) is -0.228. The zero-order chi connectivity index (χ0) is 11.3. The van der Waals surface area contributed by atoms with Crippen LogP contribution < -0.4 is 5.32 Å². The Bertz CT molecular complexity index is 322. The molecule has 0 aliphatic heterocycles. The van der Waals surface area contributed by atoms with Crippen molar-refractivity contribution in [3.8, 4) is 0 Å². The zero-order valence-corrected chi connectivity index (χ0v) is 9.36. The molecule has 0 bridgehead atoms. The van der Waals surface area contributed by atoms with Gasteiger partial charge in [-0.3, -0.25) is 14.8 Å². The number of aromatic nitrogens is 2. The van der Waals surface area contributed by atoms with Gasteiger partial charge in [0.1, 0.15) is 6.04 Å². The van der Waals surface area contributed by atoms with Gasteiger partial charge >= 0.3 is 5.97 Å². The molecule has 84 valence electrons. The SMILES string of the molecule is CCOC(=O)C(C)NCc1ccn(C)n1. The number of ether oxygens (including phenoxy) is 1. The first-order valence-corrected chi connectivity index (χ1v) is 5.02. The van der Waals surface area contributed by atoms with E-state index in [4.69, 9.17) is 4.74 Å². The van der Waals surface area contributed by atoms with Crippen molar-refractivity contribution in [3.05, 3.63) is 18.0 Å². The minimum atomic E-state index is -0.299. The van der Waals surface area contributed by atoms with E-state index in [1.165, 1.54) is 0 Å². The summed E-state index contributed by atoms with van der Waals surface area (Å²) in [7, 11) is 1.86. The average Bonchev–Trinajstić information content (AvgIpc) is 2.61. The fourth-order valence-corrected chi connectivity index (χ4v) is 1.17. The van der Waals surface area contributed by atoms with Crippen molar-refractivity contribution < 1.29 is 9.53 Å². The van der Waals surface area contributed by atoms with Gasteiger partial charge in [0.05, 0.1) is 12.3 Å². The van der Waals surface area contributed by atoms with Gasteiger partial charge in [0.25, 0.3) is 0 Å². The second-order valence-electron chi connectivity index (χ2n) is 3.34. The molecule has 0 saturated carbocycles. The molecule has 1 heterocycles. The number of carbonyl (C=O) groups is 1. The third-order valence-electron chi connectivity index (χ3n) is 2.00. The van der Waals surface area contributed by atoms with Crippen LogP contribution in [0.1, 0.15) is 19.5 Å². The summed E-state index contributed by atoms with van der Waals surface area (Å²) in [6, 6.07) is 1.61. The molecule has 0 aliphatic carbocycles. The van der Waals surface area contributed by atoms with Gasteiger partial charge in [0, 0.05) is 19.8 Å². The maximum Gasteiger partial charge on any atom is 0.322 e. The monoisotopic (exact) mass is 211 g/mol. The first kappa shape index (κ1) is 11.7. The van der Waals surface area contributed by atoms with Crippen LogP contribution >= 0.6 is 0 Å². The first-order valence-electron chi connectivity index (χ1n) is 5.02. The molecule has 0 aliphatic rings. The first-order chi connectivity index (χ1) is 7.13. The summed E-state index contributed by atoms with van der Waals surface area (Å²) in [4.78, 5) is 11.3. The molecule has 0 spiro atoms. The minimum Gasteiger partial charge on any atom is -0.465 e. The molecular formula is C10H17N3O2. The zero-order valence-electron chi connectivity index (χ0n) is 9.36. The van der Waals surface area contributed by atoms with Crippen LogP contribution in [0, 0.1) is 0 Å². The molecule has 1 unspecified atom stereocenters. The van der Waals surface area contributed by atoms with Crippen LogP contribution in [0.2, 0.25) is 0 Å². The van der Waals surface area contributed by atoms with E-state index in [1.54, 1.807) is 18.5 Å². The lowest BCUT2D eigenvalue weighted by atomic mass is 10.3. The summed E-state index contributed by atoms with van der Waals surface area (Å²) in [6.45, 7) is 4.56. The molecule has 5 nitrogen and oxygen atoms in total. The van der Waals surface area contributed by atoms with Gasteiger partial charge in [-0.1, -0.05) is 0 Å². The van der Waals surface area contributed by atoms with Crippen LogP contribution in [0.15, 0.2) is 12.3 Å². The number of hydrogen-bond acceptors (Lipinski definition) is 4. The molecule has 1 aromatic heterocycles. The highest BCUT2D eigenvalue weighted by molar-refractivity contribution is 5.75. The van der Waals surface area contributed by atoms with E-state index in [-0.39, 0.29) is 12.0 Å². The lowest BCUT2D eigenvalue weighted by Gasteiger charge is -2.11. The van der Waals surface area contributed by atoms with Crippen LogP contribution in [0.4, 0.5) is 0 Å². The normalized spacial score (nSPS) is 12.5.